The molecule has 0 radical (unpaired) electrons. The molecule has 6 rings (SSSR count). The number of hydrogen-bond donors (Lipinski definition) is 3. The first-order valence-electron chi connectivity index (χ1n) is 11.7. The molecule has 5 aliphatic rings. The van der Waals surface area contributed by atoms with Gasteiger partial charge in [-0.05, 0) is 76.1 Å². The van der Waals surface area contributed by atoms with Gasteiger partial charge < -0.3 is 20.3 Å². The van der Waals surface area contributed by atoms with Gasteiger partial charge in [0.2, 0.25) is 5.91 Å². The summed E-state index contributed by atoms with van der Waals surface area (Å²) in [7, 11) is 0. The van der Waals surface area contributed by atoms with Crippen molar-refractivity contribution in [1.82, 2.24) is 10.2 Å². The third-order valence-corrected chi connectivity index (χ3v) is 8.52. The Labute approximate surface area is 183 Å². The van der Waals surface area contributed by atoms with E-state index in [0.29, 0.717) is 17.7 Å². The third kappa shape index (κ3) is 2.43. The SMILES string of the molecule is CC1=C(C(=O)NC(C)C)C[C@@]2(O)[C@H]3Cc4ccc(O)c5c4[C@@]2(CCN3CC2CC2)[C@H]1O5. The molecule has 1 aromatic carbocycles. The monoisotopic (exact) mass is 424 g/mol. The summed E-state index contributed by atoms with van der Waals surface area (Å²) in [4.78, 5) is 15.6. The van der Waals surface area contributed by atoms with E-state index in [1.165, 1.54) is 18.4 Å². The number of carbonyl (C=O) groups is 1. The van der Waals surface area contributed by atoms with E-state index in [2.05, 4.69) is 10.2 Å². The molecular weight excluding hydrogens is 392 g/mol. The van der Waals surface area contributed by atoms with E-state index < -0.39 is 17.1 Å². The van der Waals surface area contributed by atoms with E-state index in [0.717, 1.165) is 43.0 Å². The summed E-state index contributed by atoms with van der Waals surface area (Å²) in [5.74, 6) is 1.26. The van der Waals surface area contributed by atoms with Crippen molar-refractivity contribution in [2.45, 2.75) is 82.1 Å². The van der Waals surface area contributed by atoms with Crippen LogP contribution in [-0.4, -0.2) is 57.9 Å². The van der Waals surface area contributed by atoms with E-state index in [-0.39, 0.29) is 23.7 Å². The zero-order chi connectivity index (χ0) is 21.7. The Morgan fingerprint density at radius 3 is 2.84 bits per heavy atom. The van der Waals surface area contributed by atoms with E-state index in [1.54, 1.807) is 6.07 Å². The quantitative estimate of drug-likeness (QED) is 0.692. The summed E-state index contributed by atoms with van der Waals surface area (Å²) in [6.07, 6.45) is 3.95. The smallest absolute Gasteiger partial charge is 0.247 e. The predicted molar refractivity (Wildman–Crippen MR) is 116 cm³/mol. The number of amides is 1. The lowest BCUT2D eigenvalue weighted by molar-refractivity contribution is -0.167. The number of benzene rings is 1. The van der Waals surface area contributed by atoms with Gasteiger partial charge in [0.1, 0.15) is 6.10 Å². The molecule has 166 valence electrons. The van der Waals surface area contributed by atoms with Crippen LogP contribution in [0.4, 0.5) is 0 Å². The van der Waals surface area contributed by atoms with Crippen LogP contribution in [0.15, 0.2) is 23.3 Å². The number of phenols is 1. The van der Waals surface area contributed by atoms with Crippen LogP contribution in [0.25, 0.3) is 0 Å². The van der Waals surface area contributed by atoms with Crippen molar-refractivity contribution in [3.63, 3.8) is 0 Å². The fourth-order valence-corrected chi connectivity index (χ4v) is 7.00. The van der Waals surface area contributed by atoms with E-state index >= 15 is 0 Å². The van der Waals surface area contributed by atoms with Gasteiger partial charge in [-0.2, -0.15) is 0 Å². The standard InChI is InChI=1S/C25H32N2O4/c1-13(2)26-23(29)17-11-25(30)19-10-16-6-7-18(28)21-20(16)24(25,22(31-21)14(17)3)8-9-27(19)12-15-4-5-15/h6-7,13,15,19,22,28,30H,4-5,8-12H2,1-3H3,(H,26,29)/t19-,22+,24+,25-/m1/s1. The van der Waals surface area contributed by atoms with Crippen LogP contribution in [0.5, 0.6) is 11.5 Å². The highest BCUT2D eigenvalue weighted by atomic mass is 16.5. The summed E-state index contributed by atoms with van der Waals surface area (Å²) in [6, 6.07) is 3.70. The highest BCUT2D eigenvalue weighted by Gasteiger charge is 2.72. The molecule has 2 fully saturated rings. The minimum Gasteiger partial charge on any atom is -0.504 e. The molecule has 1 spiro atoms. The largest absolute Gasteiger partial charge is 0.504 e. The van der Waals surface area contributed by atoms with E-state index in [9.17, 15) is 15.0 Å². The van der Waals surface area contributed by atoms with Crippen molar-refractivity contribution in [2.75, 3.05) is 13.1 Å². The van der Waals surface area contributed by atoms with Gasteiger partial charge >= 0.3 is 0 Å². The minimum atomic E-state index is -1.10. The second-order valence-electron chi connectivity index (χ2n) is 10.7. The molecular formula is C25H32N2O4. The minimum absolute atomic E-state index is 0.0212. The molecule has 0 aromatic heterocycles. The zero-order valence-corrected chi connectivity index (χ0v) is 18.6. The van der Waals surface area contributed by atoms with Gasteiger partial charge in [0.25, 0.3) is 0 Å². The first kappa shape index (κ1) is 19.6. The lowest BCUT2D eigenvalue weighted by atomic mass is 9.48. The van der Waals surface area contributed by atoms with Crippen LogP contribution in [0.2, 0.25) is 0 Å². The first-order valence-corrected chi connectivity index (χ1v) is 11.7. The van der Waals surface area contributed by atoms with Crippen molar-refractivity contribution >= 4 is 5.91 Å². The summed E-state index contributed by atoms with van der Waals surface area (Å²) in [6.45, 7) is 7.80. The number of hydrogen-bond acceptors (Lipinski definition) is 5. The summed E-state index contributed by atoms with van der Waals surface area (Å²) < 4.78 is 6.43. The maximum absolute atomic E-state index is 13.2. The second-order valence-corrected chi connectivity index (χ2v) is 10.7. The van der Waals surface area contributed by atoms with Gasteiger partial charge in [-0.1, -0.05) is 6.07 Å². The van der Waals surface area contributed by atoms with Gasteiger partial charge in [-0.3, -0.25) is 9.69 Å². The highest BCUT2D eigenvalue weighted by molar-refractivity contribution is 5.95. The zero-order valence-electron chi connectivity index (χ0n) is 18.6. The summed E-state index contributed by atoms with van der Waals surface area (Å²) in [5, 5.41) is 26.2. The van der Waals surface area contributed by atoms with Gasteiger partial charge in [0.05, 0.1) is 11.0 Å². The fourth-order valence-electron chi connectivity index (χ4n) is 7.00. The Morgan fingerprint density at radius 2 is 2.13 bits per heavy atom. The highest BCUT2D eigenvalue weighted by Crippen LogP contribution is 2.66. The second kappa shape index (κ2) is 6.26. The molecule has 0 unspecified atom stereocenters. The Balaban J connectivity index is 1.54. The molecule has 2 aliphatic heterocycles. The molecule has 1 aromatic rings. The number of nitrogens with one attached hydrogen (secondary N) is 1. The maximum atomic E-state index is 13.2. The van der Waals surface area contributed by atoms with Crippen LogP contribution in [0.1, 0.15) is 57.6 Å². The van der Waals surface area contributed by atoms with Crippen LogP contribution in [0.3, 0.4) is 0 Å². The number of likely N-dealkylation sites (tertiary alicyclic amines) is 1. The lowest BCUT2D eigenvalue weighted by Crippen LogP contribution is -2.75. The summed E-state index contributed by atoms with van der Waals surface area (Å²) in [5.41, 5.74) is 2.00. The number of piperidine rings is 1. The van der Waals surface area contributed by atoms with Crippen molar-refractivity contribution in [1.29, 1.82) is 0 Å². The van der Waals surface area contributed by atoms with Gasteiger partial charge in [-0.25, -0.2) is 0 Å². The topological polar surface area (TPSA) is 82.0 Å². The molecule has 4 atom stereocenters. The molecule has 6 heteroatoms. The van der Waals surface area contributed by atoms with Gasteiger partial charge in [0.15, 0.2) is 11.5 Å². The molecule has 31 heavy (non-hydrogen) atoms. The number of nitrogens with zero attached hydrogens (tertiary/aromatic N) is 1. The third-order valence-electron chi connectivity index (χ3n) is 8.52. The fraction of sp³-hybridized carbons (Fsp3) is 0.640. The maximum Gasteiger partial charge on any atom is 0.247 e. The molecule has 2 bridgehead atoms. The average molecular weight is 425 g/mol. The first-order chi connectivity index (χ1) is 14.8. The molecule has 2 heterocycles. The van der Waals surface area contributed by atoms with Crippen molar-refractivity contribution in [2.24, 2.45) is 5.92 Å². The molecule has 6 nitrogen and oxygen atoms in total. The van der Waals surface area contributed by atoms with Crippen molar-refractivity contribution in [3.8, 4) is 11.5 Å². The lowest BCUT2D eigenvalue weighted by Gasteiger charge is -2.63. The predicted octanol–water partition coefficient (Wildman–Crippen LogP) is 2.41. The average Bonchev–Trinajstić information content (AvgIpc) is 3.44. The Kier molecular flexibility index (Phi) is 3.96. The van der Waals surface area contributed by atoms with E-state index in [1.807, 2.05) is 26.8 Å². The number of ether oxygens (including phenoxy) is 1. The van der Waals surface area contributed by atoms with Gasteiger partial charge in [0, 0.05) is 36.2 Å². The number of aliphatic hydroxyl groups is 1. The summed E-state index contributed by atoms with van der Waals surface area (Å²) >= 11 is 0. The normalized spacial score (nSPS) is 35.8. The number of aromatic hydroxyl groups is 1. The van der Waals surface area contributed by atoms with Crippen molar-refractivity contribution < 1.29 is 19.7 Å². The number of carbonyl (C=O) groups excluding carboxylic acids is 1. The molecule has 3 aliphatic carbocycles. The van der Waals surface area contributed by atoms with Crippen LogP contribution >= 0.6 is 0 Å². The van der Waals surface area contributed by atoms with Crippen molar-refractivity contribution in [3.05, 3.63) is 34.4 Å². The van der Waals surface area contributed by atoms with E-state index in [4.69, 9.17) is 4.74 Å². The molecule has 1 saturated carbocycles. The van der Waals surface area contributed by atoms with Crippen LogP contribution < -0.4 is 10.1 Å². The number of rotatable bonds is 4. The Morgan fingerprint density at radius 1 is 1.35 bits per heavy atom. The molecule has 1 saturated heterocycles. The number of phenolic OH excluding ortho intramolecular Hbond substituents is 1. The van der Waals surface area contributed by atoms with Crippen LogP contribution in [0, 0.1) is 5.92 Å². The molecule has 1 amide bonds. The molecule has 3 N–H and O–H groups in total. The van der Waals surface area contributed by atoms with Gasteiger partial charge in [-0.15, -0.1) is 0 Å². The Hall–Kier alpha value is -2.05. The Bertz CT molecular complexity index is 1010. The van der Waals surface area contributed by atoms with Crippen LogP contribution in [-0.2, 0) is 16.6 Å².